The van der Waals surface area contributed by atoms with Crippen LogP contribution in [0, 0.1) is 0 Å². The summed E-state index contributed by atoms with van der Waals surface area (Å²) in [6.07, 6.45) is 1.26. The van der Waals surface area contributed by atoms with Crippen molar-refractivity contribution in [3.8, 4) is 0 Å². The van der Waals surface area contributed by atoms with Crippen molar-refractivity contribution in [2.45, 2.75) is 20.8 Å². The van der Waals surface area contributed by atoms with Gasteiger partial charge in [0.1, 0.15) is 0 Å². The Morgan fingerprint density at radius 2 is 1.91 bits per heavy atom. The first kappa shape index (κ1) is 9.88. The third-order valence-electron chi connectivity index (χ3n) is 1.02. The number of hydrogen-bond donors (Lipinski definition) is 0. The lowest BCUT2D eigenvalue weighted by molar-refractivity contribution is -0.138. The van der Waals surface area contributed by atoms with Crippen LogP contribution in [0.4, 0.5) is 0 Å². The Labute approximate surface area is 66.0 Å². The van der Waals surface area contributed by atoms with Crippen molar-refractivity contribution in [1.82, 2.24) is 0 Å². The second-order valence-corrected chi connectivity index (χ2v) is 2.16. The number of ketones is 1. The quantitative estimate of drug-likeness (QED) is 0.453. The van der Waals surface area contributed by atoms with Gasteiger partial charge in [0.2, 0.25) is 0 Å². The van der Waals surface area contributed by atoms with Crippen molar-refractivity contribution in [3.63, 3.8) is 0 Å². The minimum absolute atomic E-state index is 0.143. The molecule has 0 radical (unpaired) electrons. The molecule has 3 heteroatoms. The summed E-state index contributed by atoms with van der Waals surface area (Å²) in [6.45, 7) is 5.00. The zero-order valence-electron chi connectivity index (χ0n) is 7.01. The molecule has 0 atom stereocenters. The monoisotopic (exact) mass is 156 g/mol. The molecule has 0 spiro atoms. The molecule has 11 heavy (non-hydrogen) atoms. The number of rotatable bonds is 3. The van der Waals surface area contributed by atoms with Crippen LogP contribution in [0.15, 0.2) is 11.6 Å². The van der Waals surface area contributed by atoms with Crippen LogP contribution in [0.5, 0.6) is 0 Å². The average molecular weight is 156 g/mol. The van der Waals surface area contributed by atoms with Gasteiger partial charge in [-0.15, -0.1) is 0 Å². The number of allylic oxidation sites excluding steroid dienone is 1. The van der Waals surface area contributed by atoms with Crippen LogP contribution in [0.1, 0.15) is 20.8 Å². The second kappa shape index (κ2) is 4.66. The fourth-order valence-corrected chi connectivity index (χ4v) is 0.609. The van der Waals surface area contributed by atoms with E-state index in [1.807, 2.05) is 0 Å². The van der Waals surface area contributed by atoms with Crippen LogP contribution in [-0.2, 0) is 14.3 Å². The van der Waals surface area contributed by atoms with Gasteiger partial charge in [-0.3, -0.25) is 4.79 Å². The fourth-order valence-electron chi connectivity index (χ4n) is 0.609. The van der Waals surface area contributed by atoms with Crippen molar-refractivity contribution >= 4 is 11.8 Å². The average Bonchev–Trinajstić information content (AvgIpc) is 1.86. The maximum atomic E-state index is 10.8. The SMILES string of the molecule is CCOC(=O)/C(C)=C/C(C)=O. The highest BCUT2D eigenvalue weighted by Crippen LogP contribution is 1.96. The van der Waals surface area contributed by atoms with Crippen LogP contribution >= 0.6 is 0 Å². The highest BCUT2D eigenvalue weighted by atomic mass is 16.5. The Balaban J connectivity index is 4.12. The van der Waals surface area contributed by atoms with Crippen LogP contribution in [0.3, 0.4) is 0 Å². The van der Waals surface area contributed by atoms with E-state index in [4.69, 9.17) is 0 Å². The maximum absolute atomic E-state index is 10.8. The number of ether oxygens (including phenoxy) is 1. The lowest BCUT2D eigenvalue weighted by Crippen LogP contribution is -2.06. The van der Waals surface area contributed by atoms with E-state index in [9.17, 15) is 9.59 Å². The van der Waals surface area contributed by atoms with Crippen LogP contribution in [0.2, 0.25) is 0 Å². The molecule has 0 N–H and O–H groups in total. The number of carbonyl (C=O) groups excluding carboxylic acids is 2. The van der Waals surface area contributed by atoms with Gasteiger partial charge in [-0.2, -0.15) is 0 Å². The largest absolute Gasteiger partial charge is 0.463 e. The van der Waals surface area contributed by atoms with E-state index in [0.29, 0.717) is 12.2 Å². The molecule has 0 aliphatic rings. The van der Waals surface area contributed by atoms with Gasteiger partial charge >= 0.3 is 5.97 Å². The van der Waals surface area contributed by atoms with Gasteiger partial charge in [0.15, 0.2) is 5.78 Å². The molecule has 0 aromatic carbocycles. The third-order valence-corrected chi connectivity index (χ3v) is 1.02. The van der Waals surface area contributed by atoms with Crippen molar-refractivity contribution in [2.75, 3.05) is 6.61 Å². The first-order valence-electron chi connectivity index (χ1n) is 3.44. The maximum Gasteiger partial charge on any atom is 0.333 e. The van der Waals surface area contributed by atoms with Gasteiger partial charge < -0.3 is 4.74 Å². The second-order valence-electron chi connectivity index (χ2n) is 2.16. The summed E-state index contributed by atoms with van der Waals surface area (Å²) in [6, 6.07) is 0. The van der Waals surface area contributed by atoms with E-state index < -0.39 is 5.97 Å². The van der Waals surface area contributed by atoms with Crippen LogP contribution in [-0.4, -0.2) is 18.4 Å². The van der Waals surface area contributed by atoms with E-state index in [0.717, 1.165) is 0 Å². The predicted molar refractivity (Wildman–Crippen MR) is 41.1 cm³/mol. The summed E-state index contributed by atoms with van der Waals surface area (Å²) >= 11 is 0. The van der Waals surface area contributed by atoms with Crippen molar-refractivity contribution < 1.29 is 14.3 Å². The summed E-state index contributed by atoms with van der Waals surface area (Å²) in [4.78, 5) is 21.3. The molecule has 0 aliphatic heterocycles. The Morgan fingerprint density at radius 3 is 2.27 bits per heavy atom. The van der Waals surface area contributed by atoms with E-state index in [-0.39, 0.29) is 5.78 Å². The molecule has 0 saturated carbocycles. The number of esters is 1. The molecule has 0 heterocycles. The van der Waals surface area contributed by atoms with Crippen molar-refractivity contribution in [3.05, 3.63) is 11.6 Å². The number of hydrogen-bond acceptors (Lipinski definition) is 3. The minimum Gasteiger partial charge on any atom is -0.463 e. The first-order valence-corrected chi connectivity index (χ1v) is 3.44. The summed E-state index contributed by atoms with van der Waals surface area (Å²) in [5.74, 6) is -0.571. The summed E-state index contributed by atoms with van der Waals surface area (Å²) in [7, 11) is 0. The van der Waals surface area contributed by atoms with Crippen molar-refractivity contribution in [2.24, 2.45) is 0 Å². The van der Waals surface area contributed by atoms with Gasteiger partial charge in [0.05, 0.1) is 6.61 Å². The third kappa shape index (κ3) is 4.31. The summed E-state index contributed by atoms with van der Waals surface area (Å²) in [5, 5.41) is 0. The highest BCUT2D eigenvalue weighted by Gasteiger charge is 2.03. The molecule has 0 fully saturated rings. The normalized spacial score (nSPS) is 11.0. The van der Waals surface area contributed by atoms with Crippen LogP contribution < -0.4 is 0 Å². The standard InChI is InChI=1S/C8H12O3/c1-4-11-8(10)6(2)5-7(3)9/h5H,4H2,1-3H3/b6-5+. The van der Waals surface area contributed by atoms with E-state index in [2.05, 4.69) is 4.74 Å². The number of carbonyl (C=O) groups is 2. The molecule has 0 rings (SSSR count). The molecule has 3 nitrogen and oxygen atoms in total. The molecule has 0 aliphatic carbocycles. The Bertz CT molecular complexity index is 192. The lowest BCUT2D eigenvalue weighted by atomic mass is 10.2. The zero-order valence-corrected chi connectivity index (χ0v) is 7.01. The van der Waals surface area contributed by atoms with E-state index in [1.165, 1.54) is 13.0 Å². The fraction of sp³-hybridized carbons (Fsp3) is 0.500. The minimum atomic E-state index is -0.428. The molecule has 62 valence electrons. The molecule has 0 bridgehead atoms. The molecule has 0 amide bonds. The van der Waals surface area contributed by atoms with Gasteiger partial charge in [-0.05, 0) is 26.8 Å². The molecule has 0 saturated heterocycles. The molecule has 0 aromatic heterocycles. The smallest absolute Gasteiger partial charge is 0.333 e. The Morgan fingerprint density at radius 1 is 1.36 bits per heavy atom. The molecule has 0 unspecified atom stereocenters. The topological polar surface area (TPSA) is 43.4 Å². The Hall–Kier alpha value is -1.12. The van der Waals surface area contributed by atoms with Gasteiger partial charge in [0, 0.05) is 5.57 Å². The van der Waals surface area contributed by atoms with Crippen LogP contribution in [0.25, 0.3) is 0 Å². The molecular formula is C8H12O3. The predicted octanol–water partition coefficient (Wildman–Crippen LogP) is 1.08. The zero-order chi connectivity index (χ0) is 8.85. The summed E-state index contributed by atoms with van der Waals surface area (Å²) < 4.78 is 4.65. The van der Waals surface area contributed by atoms with Crippen molar-refractivity contribution in [1.29, 1.82) is 0 Å². The highest BCUT2D eigenvalue weighted by molar-refractivity contribution is 5.97. The van der Waals surface area contributed by atoms with Gasteiger partial charge in [-0.1, -0.05) is 0 Å². The molecular weight excluding hydrogens is 144 g/mol. The molecule has 0 aromatic rings. The first-order chi connectivity index (χ1) is 5.07. The van der Waals surface area contributed by atoms with E-state index >= 15 is 0 Å². The Kier molecular flexibility index (Phi) is 4.18. The summed E-state index contributed by atoms with van der Waals surface area (Å²) in [5.41, 5.74) is 0.347. The lowest BCUT2D eigenvalue weighted by Gasteiger charge is -1.99. The van der Waals surface area contributed by atoms with Gasteiger partial charge in [0.25, 0.3) is 0 Å². The van der Waals surface area contributed by atoms with E-state index in [1.54, 1.807) is 13.8 Å². The van der Waals surface area contributed by atoms with Gasteiger partial charge in [-0.25, -0.2) is 4.79 Å².